The van der Waals surface area contributed by atoms with Crippen LogP contribution in [-0.4, -0.2) is 21.6 Å². The van der Waals surface area contributed by atoms with Crippen LogP contribution in [0.3, 0.4) is 0 Å². The standard InChI is InChI=1S/C27H23N3O2S/c1-31-26-12-9-21(16-29-26)20-7-5-19(6-8-20)17-30-25-11-10-24(14-22(25)15-27(30)33)32-18-23-4-2-3-13-28-23/h2-16,33H,17-18H2,1H3. The molecule has 0 saturated heterocycles. The van der Waals surface area contributed by atoms with Gasteiger partial charge in [0.15, 0.2) is 0 Å². The molecule has 0 fully saturated rings. The van der Waals surface area contributed by atoms with Gasteiger partial charge in [-0.1, -0.05) is 30.3 Å². The van der Waals surface area contributed by atoms with Crippen LogP contribution in [0.4, 0.5) is 0 Å². The largest absolute Gasteiger partial charge is 0.487 e. The number of hydrogen-bond acceptors (Lipinski definition) is 5. The van der Waals surface area contributed by atoms with E-state index in [2.05, 4.69) is 50.9 Å². The molecule has 0 radical (unpaired) electrons. The second-order valence-corrected chi connectivity index (χ2v) is 8.16. The molecule has 2 aromatic carbocycles. The van der Waals surface area contributed by atoms with Gasteiger partial charge in [0.2, 0.25) is 5.88 Å². The topological polar surface area (TPSA) is 49.2 Å². The van der Waals surface area contributed by atoms with E-state index < -0.39 is 0 Å². The minimum absolute atomic E-state index is 0.441. The average molecular weight is 454 g/mol. The third-order valence-electron chi connectivity index (χ3n) is 5.54. The molecule has 0 aliphatic carbocycles. The summed E-state index contributed by atoms with van der Waals surface area (Å²) in [7, 11) is 1.62. The van der Waals surface area contributed by atoms with Crippen LogP contribution in [0.25, 0.3) is 22.0 Å². The van der Waals surface area contributed by atoms with E-state index in [1.165, 1.54) is 5.56 Å². The summed E-state index contributed by atoms with van der Waals surface area (Å²) in [5.74, 6) is 1.43. The second kappa shape index (κ2) is 9.38. The van der Waals surface area contributed by atoms with E-state index in [1.54, 1.807) is 13.3 Å². The minimum atomic E-state index is 0.441. The quantitative estimate of drug-likeness (QED) is 0.306. The number of methoxy groups -OCH3 is 1. The second-order valence-electron chi connectivity index (χ2n) is 7.71. The fourth-order valence-electron chi connectivity index (χ4n) is 3.79. The zero-order valence-electron chi connectivity index (χ0n) is 18.2. The fourth-order valence-corrected chi connectivity index (χ4v) is 4.11. The monoisotopic (exact) mass is 453 g/mol. The van der Waals surface area contributed by atoms with E-state index in [0.29, 0.717) is 12.5 Å². The lowest BCUT2D eigenvalue weighted by Crippen LogP contribution is -2.00. The van der Waals surface area contributed by atoms with E-state index in [0.717, 1.165) is 45.0 Å². The van der Waals surface area contributed by atoms with Crippen LogP contribution in [0.5, 0.6) is 11.6 Å². The summed E-state index contributed by atoms with van der Waals surface area (Å²) < 4.78 is 13.3. The van der Waals surface area contributed by atoms with Gasteiger partial charge < -0.3 is 14.0 Å². The van der Waals surface area contributed by atoms with Crippen LogP contribution in [-0.2, 0) is 13.2 Å². The number of ether oxygens (including phenoxy) is 2. The molecule has 0 amide bonds. The zero-order valence-corrected chi connectivity index (χ0v) is 19.1. The predicted octanol–water partition coefficient (Wildman–Crippen LogP) is 6.02. The molecule has 0 aliphatic heterocycles. The molecule has 33 heavy (non-hydrogen) atoms. The van der Waals surface area contributed by atoms with E-state index in [4.69, 9.17) is 22.1 Å². The van der Waals surface area contributed by atoms with E-state index >= 15 is 0 Å². The Kier molecular flexibility index (Phi) is 6.00. The van der Waals surface area contributed by atoms with Crippen LogP contribution in [0.2, 0.25) is 0 Å². The van der Waals surface area contributed by atoms with Crippen molar-refractivity contribution >= 4 is 23.5 Å². The smallest absolute Gasteiger partial charge is 0.212 e. The minimum Gasteiger partial charge on any atom is -0.487 e. The third kappa shape index (κ3) is 4.71. The first kappa shape index (κ1) is 21.1. The van der Waals surface area contributed by atoms with Crippen molar-refractivity contribution in [2.24, 2.45) is 0 Å². The summed E-state index contributed by atoms with van der Waals surface area (Å²) in [5, 5.41) is 2.01. The van der Waals surface area contributed by atoms with E-state index in [1.807, 2.05) is 48.7 Å². The van der Waals surface area contributed by atoms with Crippen LogP contribution in [0.15, 0.2) is 96.3 Å². The Labute approximate surface area is 198 Å². The van der Waals surface area contributed by atoms with Crippen LogP contribution < -0.4 is 9.47 Å². The summed E-state index contributed by atoms with van der Waals surface area (Å²) in [4.78, 5) is 8.59. The van der Waals surface area contributed by atoms with Gasteiger partial charge >= 0.3 is 0 Å². The molecule has 0 N–H and O–H groups in total. The number of hydrogen-bond donors (Lipinski definition) is 1. The first-order valence-corrected chi connectivity index (χ1v) is 11.1. The highest BCUT2D eigenvalue weighted by Gasteiger charge is 2.09. The molecule has 0 aliphatic rings. The van der Waals surface area contributed by atoms with Gasteiger partial charge in [-0.2, -0.15) is 0 Å². The molecule has 0 unspecified atom stereocenters. The van der Waals surface area contributed by atoms with Crippen molar-refractivity contribution in [2.75, 3.05) is 7.11 Å². The van der Waals surface area contributed by atoms with Crippen molar-refractivity contribution in [2.45, 2.75) is 18.2 Å². The van der Waals surface area contributed by atoms with Gasteiger partial charge in [0, 0.05) is 41.5 Å². The Balaban J connectivity index is 1.32. The average Bonchev–Trinajstić information content (AvgIpc) is 3.18. The molecule has 5 nitrogen and oxygen atoms in total. The van der Waals surface area contributed by atoms with Crippen molar-refractivity contribution in [1.29, 1.82) is 0 Å². The summed E-state index contributed by atoms with van der Waals surface area (Å²) in [5.41, 5.74) is 5.39. The Morgan fingerprint density at radius 2 is 1.73 bits per heavy atom. The number of nitrogens with zero attached hydrogens (tertiary/aromatic N) is 3. The first-order chi connectivity index (χ1) is 16.2. The van der Waals surface area contributed by atoms with Crippen molar-refractivity contribution in [1.82, 2.24) is 14.5 Å². The maximum atomic E-state index is 5.93. The molecule has 6 heteroatoms. The SMILES string of the molecule is COc1ccc(-c2ccc(Cn3c(S)cc4cc(OCc5ccccn5)ccc43)cc2)cn1. The molecule has 0 bridgehead atoms. The lowest BCUT2D eigenvalue weighted by molar-refractivity contribution is 0.302. The first-order valence-electron chi connectivity index (χ1n) is 10.6. The molecule has 5 rings (SSSR count). The van der Waals surface area contributed by atoms with Crippen LogP contribution in [0.1, 0.15) is 11.3 Å². The number of fused-ring (bicyclic) bond motifs is 1. The lowest BCUT2D eigenvalue weighted by atomic mass is 10.1. The molecule has 164 valence electrons. The van der Waals surface area contributed by atoms with Gasteiger partial charge in [-0.25, -0.2) is 4.98 Å². The van der Waals surface area contributed by atoms with Gasteiger partial charge in [-0.05, 0) is 53.6 Å². The van der Waals surface area contributed by atoms with Crippen LogP contribution in [0, 0.1) is 0 Å². The van der Waals surface area contributed by atoms with Gasteiger partial charge in [-0.15, -0.1) is 12.6 Å². The lowest BCUT2D eigenvalue weighted by Gasteiger charge is -2.10. The van der Waals surface area contributed by atoms with Crippen molar-refractivity contribution in [3.8, 4) is 22.8 Å². The maximum absolute atomic E-state index is 5.93. The number of pyridine rings is 2. The normalized spacial score (nSPS) is 11.0. The third-order valence-corrected chi connectivity index (χ3v) is 5.91. The number of benzene rings is 2. The number of thiol groups is 1. The Morgan fingerprint density at radius 3 is 2.45 bits per heavy atom. The molecule has 3 heterocycles. The van der Waals surface area contributed by atoms with Crippen molar-refractivity contribution < 1.29 is 9.47 Å². The molecule has 0 atom stereocenters. The number of rotatable bonds is 7. The predicted molar refractivity (Wildman–Crippen MR) is 133 cm³/mol. The molecule has 3 aromatic heterocycles. The Morgan fingerprint density at radius 1 is 0.879 bits per heavy atom. The molecule has 0 saturated carbocycles. The van der Waals surface area contributed by atoms with E-state index in [9.17, 15) is 0 Å². The Bertz CT molecular complexity index is 1360. The summed E-state index contributed by atoms with van der Waals surface area (Å²) in [6, 6.07) is 26.4. The summed E-state index contributed by atoms with van der Waals surface area (Å²) >= 11 is 4.72. The summed E-state index contributed by atoms with van der Waals surface area (Å²) in [6.07, 6.45) is 3.60. The molecular formula is C27H23N3O2S. The van der Waals surface area contributed by atoms with Gasteiger partial charge in [0.05, 0.1) is 17.8 Å². The Hall–Kier alpha value is -3.77. The van der Waals surface area contributed by atoms with Gasteiger partial charge in [0.1, 0.15) is 12.4 Å². The van der Waals surface area contributed by atoms with Crippen molar-refractivity contribution in [3.63, 3.8) is 0 Å². The highest BCUT2D eigenvalue weighted by Crippen LogP contribution is 2.28. The molecular weight excluding hydrogens is 430 g/mol. The number of aromatic nitrogens is 3. The van der Waals surface area contributed by atoms with Gasteiger partial charge in [0.25, 0.3) is 0 Å². The van der Waals surface area contributed by atoms with Crippen molar-refractivity contribution in [3.05, 3.63) is 103 Å². The fraction of sp³-hybridized carbons (Fsp3) is 0.111. The zero-order chi connectivity index (χ0) is 22.6. The van der Waals surface area contributed by atoms with Crippen LogP contribution >= 0.6 is 12.6 Å². The highest BCUT2D eigenvalue weighted by molar-refractivity contribution is 7.80. The summed E-state index contributed by atoms with van der Waals surface area (Å²) in [6.45, 7) is 1.18. The van der Waals surface area contributed by atoms with Gasteiger partial charge in [-0.3, -0.25) is 4.98 Å². The molecule has 5 aromatic rings. The van der Waals surface area contributed by atoms with E-state index in [-0.39, 0.29) is 0 Å². The maximum Gasteiger partial charge on any atom is 0.212 e. The molecule has 0 spiro atoms. The highest BCUT2D eigenvalue weighted by atomic mass is 32.1.